The number of aliphatic hydroxyl groups excluding tert-OH is 1. The molecule has 1 N–H and O–H groups in total. The number of aliphatic hydroxyl groups is 1. The van der Waals surface area contributed by atoms with E-state index in [-0.39, 0.29) is 12.0 Å². The first-order chi connectivity index (χ1) is 12.2. The molecule has 1 saturated heterocycles. The lowest BCUT2D eigenvalue weighted by Gasteiger charge is -2.39. The van der Waals surface area contributed by atoms with Gasteiger partial charge in [-0.3, -0.25) is 9.69 Å². The third-order valence-corrected chi connectivity index (χ3v) is 6.18. The molecule has 2 aliphatic carbocycles. The molecule has 0 bridgehead atoms. The van der Waals surface area contributed by atoms with Crippen LogP contribution in [0.5, 0.6) is 5.75 Å². The molecule has 1 heterocycles. The van der Waals surface area contributed by atoms with Gasteiger partial charge in [-0.25, -0.2) is 0 Å². The first kappa shape index (κ1) is 16.9. The molecule has 1 amide bonds. The number of methoxy groups -OCH3 is 1. The number of carbonyl (C=O) groups is 1. The van der Waals surface area contributed by atoms with E-state index in [2.05, 4.69) is 11.0 Å². The zero-order valence-corrected chi connectivity index (χ0v) is 14.9. The van der Waals surface area contributed by atoms with Gasteiger partial charge in [0.1, 0.15) is 5.75 Å². The normalized spacial score (nSPS) is 32.6. The van der Waals surface area contributed by atoms with Crippen LogP contribution in [0.4, 0.5) is 0 Å². The van der Waals surface area contributed by atoms with E-state index in [9.17, 15) is 9.90 Å². The number of hydrogen-bond acceptors (Lipinski definition) is 4. The summed E-state index contributed by atoms with van der Waals surface area (Å²) < 4.78 is 5.45. The Morgan fingerprint density at radius 1 is 1.16 bits per heavy atom. The van der Waals surface area contributed by atoms with E-state index in [1.165, 1.54) is 0 Å². The highest BCUT2D eigenvalue weighted by molar-refractivity contribution is 5.83. The van der Waals surface area contributed by atoms with Crippen LogP contribution in [0.15, 0.2) is 24.3 Å². The molecule has 4 rings (SSSR count). The van der Waals surface area contributed by atoms with Crippen LogP contribution < -0.4 is 4.74 Å². The summed E-state index contributed by atoms with van der Waals surface area (Å²) in [5.74, 6) is 1.60. The van der Waals surface area contributed by atoms with E-state index in [0.717, 1.165) is 63.2 Å². The summed E-state index contributed by atoms with van der Waals surface area (Å²) in [6.45, 7) is 3.35. The van der Waals surface area contributed by atoms with Gasteiger partial charge >= 0.3 is 0 Å². The van der Waals surface area contributed by atoms with Crippen LogP contribution in [0, 0.1) is 5.92 Å². The van der Waals surface area contributed by atoms with Gasteiger partial charge in [0.25, 0.3) is 0 Å². The van der Waals surface area contributed by atoms with Crippen LogP contribution in [0.2, 0.25) is 0 Å². The van der Waals surface area contributed by atoms with Gasteiger partial charge in [0.05, 0.1) is 13.2 Å². The van der Waals surface area contributed by atoms with Crippen LogP contribution in [0.25, 0.3) is 0 Å². The molecule has 0 spiro atoms. The smallest absolute Gasteiger partial charge is 0.226 e. The number of nitrogens with zero attached hydrogens (tertiary/aromatic N) is 2. The Morgan fingerprint density at radius 2 is 1.92 bits per heavy atom. The second-order valence-electron chi connectivity index (χ2n) is 7.62. The SMILES string of the molecule is COc1ccccc1[C@@H]1C[C@@H]1C(=O)N1CCN([C@H]2CCC[C@@H]2O)CC1. The second-order valence-corrected chi connectivity index (χ2v) is 7.62. The summed E-state index contributed by atoms with van der Waals surface area (Å²) in [6.07, 6.45) is 3.88. The van der Waals surface area contributed by atoms with Gasteiger partial charge in [-0.1, -0.05) is 18.2 Å². The minimum Gasteiger partial charge on any atom is -0.496 e. The third-order valence-electron chi connectivity index (χ3n) is 6.18. The molecule has 3 fully saturated rings. The van der Waals surface area contributed by atoms with Gasteiger partial charge in [-0.05, 0) is 43.2 Å². The van der Waals surface area contributed by atoms with Crippen molar-refractivity contribution in [1.82, 2.24) is 9.80 Å². The average Bonchev–Trinajstić information content (AvgIpc) is 3.34. The molecule has 25 heavy (non-hydrogen) atoms. The summed E-state index contributed by atoms with van der Waals surface area (Å²) >= 11 is 0. The van der Waals surface area contributed by atoms with E-state index in [4.69, 9.17) is 4.74 Å². The predicted octanol–water partition coefficient (Wildman–Crippen LogP) is 1.86. The first-order valence-electron chi connectivity index (χ1n) is 9.53. The van der Waals surface area contributed by atoms with Crippen molar-refractivity contribution in [3.05, 3.63) is 29.8 Å². The molecule has 1 aromatic rings. The largest absolute Gasteiger partial charge is 0.496 e. The van der Waals surface area contributed by atoms with Crippen molar-refractivity contribution in [1.29, 1.82) is 0 Å². The van der Waals surface area contributed by atoms with Crippen molar-refractivity contribution in [3.63, 3.8) is 0 Å². The summed E-state index contributed by atoms with van der Waals surface area (Å²) in [7, 11) is 1.69. The molecule has 1 aliphatic heterocycles. The van der Waals surface area contributed by atoms with Gasteiger partial charge in [0.15, 0.2) is 0 Å². The Hall–Kier alpha value is -1.59. The minimum atomic E-state index is -0.180. The lowest BCUT2D eigenvalue weighted by Crippen LogP contribution is -2.54. The van der Waals surface area contributed by atoms with Crippen LogP contribution in [0.1, 0.15) is 37.2 Å². The Labute approximate surface area is 149 Å². The Balaban J connectivity index is 1.33. The molecule has 5 heteroatoms. The first-order valence-corrected chi connectivity index (χ1v) is 9.53. The number of carbonyl (C=O) groups excluding carboxylic acids is 1. The van der Waals surface area contributed by atoms with Crippen molar-refractivity contribution >= 4 is 5.91 Å². The van der Waals surface area contributed by atoms with Gasteiger partial charge < -0.3 is 14.7 Å². The number of ether oxygens (including phenoxy) is 1. The summed E-state index contributed by atoms with van der Waals surface area (Å²) in [5.41, 5.74) is 1.16. The van der Waals surface area contributed by atoms with E-state index in [0.29, 0.717) is 17.9 Å². The van der Waals surface area contributed by atoms with Crippen molar-refractivity contribution in [3.8, 4) is 5.75 Å². The van der Waals surface area contributed by atoms with Crippen molar-refractivity contribution < 1.29 is 14.6 Å². The molecule has 0 aromatic heterocycles. The number of rotatable bonds is 4. The van der Waals surface area contributed by atoms with Crippen LogP contribution in [-0.4, -0.2) is 66.2 Å². The quantitative estimate of drug-likeness (QED) is 0.906. The minimum absolute atomic E-state index is 0.111. The topological polar surface area (TPSA) is 53.0 Å². The molecule has 1 aromatic carbocycles. The molecule has 0 radical (unpaired) electrons. The van der Waals surface area contributed by atoms with Crippen molar-refractivity contribution in [2.24, 2.45) is 5.92 Å². The summed E-state index contributed by atoms with van der Waals surface area (Å²) in [4.78, 5) is 17.3. The molecule has 5 nitrogen and oxygen atoms in total. The lowest BCUT2D eigenvalue weighted by molar-refractivity contribution is -0.135. The van der Waals surface area contributed by atoms with Gasteiger partial charge in [-0.15, -0.1) is 0 Å². The zero-order chi connectivity index (χ0) is 17.4. The number of hydrogen-bond donors (Lipinski definition) is 1. The predicted molar refractivity (Wildman–Crippen MR) is 95.6 cm³/mol. The Kier molecular flexibility index (Phi) is 4.69. The molecule has 2 saturated carbocycles. The van der Waals surface area contributed by atoms with Gasteiger partial charge in [-0.2, -0.15) is 0 Å². The number of piperazine rings is 1. The standard InChI is InChI=1S/C20H28N2O3/c1-25-19-8-3-2-5-14(19)15-13-16(15)20(24)22-11-9-21(10-12-22)17-6-4-7-18(17)23/h2-3,5,8,15-18,23H,4,6-7,9-13H2,1H3/t15-,16-,17-,18-/m0/s1. The van der Waals surface area contributed by atoms with Crippen molar-refractivity contribution in [2.45, 2.75) is 43.7 Å². The van der Waals surface area contributed by atoms with E-state index >= 15 is 0 Å². The van der Waals surface area contributed by atoms with Crippen LogP contribution in [-0.2, 0) is 4.79 Å². The van der Waals surface area contributed by atoms with Crippen LogP contribution >= 0.6 is 0 Å². The van der Waals surface area contributed by atoms with Crippen molar-refractivity contribution in [2.75, 3.05) is 33.3 Å². The average molecular weight is 344 g/mol. The lowest BCUT2D eigenvalue weighted by atomic mass is 10.1. The summed E-state index contributed by atoms with van der Waals surface area (Å²) in [5, 5.41) is 10.1. The van der Waals surface area contributed by atoms with E-state index < -0.39 is 0 Å². The summed E-state index contributed by atoms with van der Waals surface area (Å²) in [6, 6.07) is 8.35. The fourth-order valence-electron chi connectivity index (χ4n) is 4.64. The van der Waals surface area contributed by atoms with E-state index in [1.54, 1.807) is 7.11 Å². The third kappa shape index (κ3) is 3.27. The highest BCUT2D eigenvalue weighted by Gasteiger charge is 2.47. The zero-order valence-electron chi connectivity index (χ0n) is 14.9. The number of amides is 1. The molecular weight excluding hydrogens is 316 g/mol. The van der Waals surface area contributed by atoms with E-state index in [1.807, 2.05) is 23.1 Å². The monoisotopic (exact) mass is 344 g/mol. The second kappa shape index (κ2) is 6.96. The number of benzene rings is 1. The highest BCUT2D eigenvalue weighted by Crippen LogP contribution is 2.51. The Bertz CT molecular complexity index is 627. The molecule has 136 valence electrons. The molecular formula is C20H28N2O3. The molecule has 3 aliphatic rings. The fraction of sp³-hybridized carbons (Fsp3) is 0.650. The van der Waals surface area contributed by atoms with Gasteiger partial charge in [0, 0.05) is 38.1 Å². The maximum absolute atomic E-state index is 12.9. The maximum Gasteiger partial charge on any atom is 0.226 e. The highest BCUT2D eigenvalue weighted by atomic mass is 16.5. The number of para-hydroxylation sites is 1. The fourth-order valence-corrected chi connectivity index (χ4v) is 4.64. The molecule has 4 atom stereocenters. The van der Waals surface area contributed by atoms with Crippen LogP contribution in [0.3, 0.4) is 0 Å². The maximum atomic E-state index is 12.9. The van der Waals surface area contributed by atoms with Gasteiger partial charge in [0.2, 0.25) is 5.91 Å². The Morgan fingerprint density at radius 3 is 2.60 bits per heavy atom. The molecule has 0 unspecified atom stereocenters.